The molecular formula is C25H21Cl2N3O2. The van der Waals surface area contributed by atoms with Crippen molar-refractivity contribution < 1.29 is 9.53 Å². The highest BCUT2D eigenvalue weighted by molar-refractivity contribution is 6.36. The van der Waals surface area contributed by atoms with E-state index in [4.69, 9.17) is 27.9 Å². The molecule has 0 aliphatic rings. The van der Waals surface area contributed by atoms with Crippen molar-refractivity contribution in [3.8, 4) is 28.3 Å². The molecule has 32 heavy (non-hydrogen) atoms. The monoisotopic (exact) mass is 465 g/mol. The molecule has 0 radical (unpaired) electrons. The van der Waals surface area contributed by atoms with Gasteiger partial charge in [-0.25, -0.2) is 0 Å². The molecule has 0 saturated carbocycles. The molecule has 4 aromatic rings. The fourth-order valence-electron chi connectivity index (χ4n) is 3.33. The second-order valence-corrected chi connectivity index (χ2v) is 7.94. The number of hydrogen-bond donors (Lipinski definition) is 2. The lowest BCUT2D eigenvalue weighted by molar-refractivity contribution is 0.0950. The average molecular weight is 466 g/mol. The highest BCUT2D eigenvalue weighted by Crippen LogP contribution is 2.31. The third kappa shape index (κ3) is 4.96. The van der Waals surface area contributed by atoms with Gasteiger partial charge in [-0.2, -0.15) is 5.10 Å². The fraction of sp³-hybridized carbons (Fsp3) is 0.120. The zero-order chi connectivity index (χ0) is 22.5. The zero-order valence-corrected chi connectivity index (χ0v) is 18.9. The Bertz CT molecular complexity index is 1240. The Labute approximate surface area is 196 Å². The minimum absolute atomic E-state index is 0.154. The number of benzene rings is 3. The number of rotatable bonds is 7. The number of H-pyrrole nitrogens is 1. The lowest BCUT2D eigenvalue weighted by atomic mass is 10.1. The number of nitrogens with zero attached hydrogens (tertiary/aromatic N) is 1. The van der Waals surface area contributed by atoms with Crippen LogP contribution in [0.1, 0.15) is 22.8 Å². The first kappa shape index (κ1) is 21.9. The predicted molar refractivity (Wildman–Crippen MR) is 128 cm³/mol. The van der Waals surface area contributed by atoms with E-state index in [1.54, 1.807) is 24.3 Å². The van der Waals surface area contributed by atoms with Crippen molar-refractivity contribution in [3.05, 3.63) is 94.0 Å². The van der Waals surface area contributed by atoms with Crippen molar-refractivity contribution in [2.24, 2.45) is 0 Å². The van der Waals surface area contributed by atoms with Crippen LogP contribution in [0.3, 0.4) is 0 Å². The second-order valence-electron chi connectivity index (χ2n) is 7.09. The number of para-hydroxylation sites is 1. The van der Waals surface area contributed by atoms with Crippen LogP contribution in [0.2, 0.25) is 10.0 Å². The minimum Gasteiger partial charge on any atom is -0.494 e. The molecular weight excluding hydrogens is 445 g/mol. The van der Waals surface area contributed by atoms with E-state index in [1.807, 2.05) is 55.5 Å². The van der Waals surface area contributed by atoms with Crippen molar-refractivity contribution in [3.63, 3.8) is 0 Å². The van der Waals surface area contributed by atoms with Crippen LogP contribution >= 0.6 is 23.2 Å². The zero-order valence-electron chi connectivity index (χ0n) is 17.4. The van der Waals surface area contributed by atoms with E-state index >= 15 is 0 Å². The summed E-state index contributed by atoms with van der Waals surface area (Å²) in [5, 5.41) is 11.4. The molecule has 0 bridgehead atoms. The van der Waals surface area contributed by atoms with Crippen LogP contribution in [-0.4, -0.2) is 22.7 Å². The summed E-state index contributed by atoms with van der Waals surface area (Å²) < 4.78 is 5.61. The Balaban J connectivity index is 1.44. The lowest BCUT2D eigenvalue weighted by Crippen LogP contribution is -2.23. The van der Waals surface area contributed by atoms with Crippen molar-refractivity contribution >= 4 is 29.1 Å². The summed E-state index contributed by atoms with van der Waals surface area (Å²) in [6.07, 6.45) is 0. The summed E-state index contributed by atoms with van der Waals surface area (Å²) in [6.45, 7) is 2.90. The van der Waals surface area contributed by atoms with E-state index in [2.05, 4.69) is 15.5 Å². The van der Waals surface area contributed by atoms with Crippen LogP contribution < -0.4 is 10.1 Å². The van der Waals surface area contributed by atoms with Crippen LogP contribution in [0, 0.1) is 0 Å². The number of aromatic amines is 1. The number of halogens is 2. The number of carbonyl (C=O) groups is 1. The van der Waals surface area contributed by atoms with Crippen LogP contribution in [-0.2, 0) is 6.54 Å². The Morgan fingerprint density at radius 2 is 1.81 bits per heavy atom. The summed E-state index contributed by atoms with van der Waals surface area (Å²) in [7, 11) is 0. The molecule has 3 aromatic carbocycles. The molecule has 1 aromatic heterocycles. The van der Waals surface area contributed by atoms with Crippen LogP contribution in [0.15, 0.2) is 72.8 Å². The highest BCUT2D eigenvalue weighted by atomic mass is 35.5. The van der Waals surface area contributed by atoms with Gasteiger partial charge >= 0.3 is 0 Å². The summed E-state index contributed by atoms with van der Waals surface area (Å²) in [5.74, 6) is 0.624. The molecule has 162 valence electrons. The van der Waals surface area contributed by atoms with Gasteiger partial charge in [0.1, 0.15) is 5.75 Å². The number of ether oxygens (including phenoxy) is 1. The van der Waals surface area contributed by atoms with Gasteiger partial charge in [-0.05, 0) is 49.4 Å². The van der Waals surface area contributed by atoms with Gasteiger partial charge in [0.2, 0.25) is 0 Å². The molecule has 0 fully saturated rings. The molecule has 0 atom stereocenters. The molecule has 5 nitrogen and oxygen atoms in total. The maximum Gasteiger partial charge on any atom is 0.251 e. The molecule has 0 saturated heterocycles. The van der Waals surface area contributed by atoms with Gasteiger partial charge < -0.3 is 10.1 Å². The molecule has 1 amide bonds. The summed E-state index contributed by atoms with van der Waals surface area (Å²) in [6, 6.07) is 22.2. The van der Waals surface area contributed by atoms with Gasteiger partial charge in [0, 0.05) is 33.8 Å². The van der Waals surface area contributed by atoms with Crippen LogP contribution in [0.25, 0.3) is 22.5 Å². The van der Waals surface area contributed by atoms with E-state index in [0.717, 1.165) is 33.8 Å². The Morgan fingerprint density at radius 1 is 1.03 bits per heavy atom. The first-order valence-corrected chi connectivity index (χ1v) is 10.9. The molecule has 1 heterocycles. The lowest BCUT2D eigenvalue weighted by Gasteiger charge is -2.11. The third-order valence-corrected chi connectivity index (χ3v) is 5.50. The second kappa shape index (κ2) is 9.90. The van der Waals surface area contributed by atoms with Crippen molar-refractivity contribution in [1.29, 1.82) is 0 Å². The maximum atomic E-state index is 12.6. The normalized spacial score (nSPS) is 10.7. The van der Waals surface area contributed by atoms with Crippen LogP contribution in [0.4, 0.5) is 0 Å². The summed E-state index contributed by atoms with van der Waals surface area (Å²) in [5.41, 5.74) is 4.75. The standard InChI is InChI=1S/C25H21Cl2N3O2/c1-2-32-24-6-4-3-5-18(24)15-28-25(31)17-9-7-16(8-10-17)22-14-23(30-29-22)20-12-11-19(26)13-21(20)27/h3-14H,2,15H2,1H3,(H,28,31)(H,29,30). The number of aromatic nitrogens is 2. The fourth-order valence-corrected chi connectivity index (χ4v) is 3.84. The van der Waals surface area contributed by atoms with E-state index in [0.29, 0.717) is 28.8 Å². The number of nitrogens with one attached hydrogen (secondary N) is 2. The Kier molecular flexibility index (Phi) is 6.78. The van der Waals surface area contributed by atoms with Crippen molar-refractivity contribution in [1.82, 2.24) is 15.5 Å². The molecule has 7 heteroatoms. The van der Waals surface area contributed by atoms with E-state index in [9.17, 15) is 4.79 Å². The maximum absolute atomic E-state index is 12.6. The predicted octanol–water partition coefficient (Wildman–Crippen LogP) is 6.38. The smallest absolute Gasteiger partial charge is 0.251 e. The quantitative estimate of drug-likeness (QED) is 0.332. The topological polar surface area (TPSA) is 67.0 Å². The number of amides is 1. The summed E-state index contributed by atoms with van der Waals surface area (Å²) in [4.78, 5) is 12.6. The molecule has 0 aliphatic carbocycles. The molecule has 0 aliphatic heterocycles. The van der Waals surface area contributed by atoms with Crippen LogP contribution in [0.5, 0.6) is 5.75 Å². The average Bonchev–Trinajstić information content (AvgIpc) is 3.28. The SMILES string of the molecule is CCOc1ccccc1CNC(=O)c1ccc(-c2cc(-c3ccc(Cl)cc3Cl)[nH]n2)cc1. The molecule has 0 unspecified atom stereocenters. The van der Waals surface area contributed by atoms with E-state index in [-0.39, 0.29) is 5.91 Å². The van der Waals surface area contributed by atoms with Gasteiger partial charge in [0.25, 0.3) is 5.91 Å². The molecule has 4 rings (SSSR count). The largest absolute Gasteiger partial charge is 0.494 e. The van der Waals surface area contributed by atoms with Crippen molar-refractivity contribution in [2.45, 2.75) is 13.5 Å². The van der Waals surface area contributed by atoms with Gasteiger partial charge in [-0.3, -0.25) is 9.89 Å². The minimum atomic E-state index is -0.154. The van der Waals surface area contributed by atoms with E-state index < -0.39 is 0 Å². The van der Waals surface area contributed by atoms with Gasteiger partial charge in [0.15, 0.2) is 0 Å². The molecule has 2 N–H and O–H groups in total. The first-order valence-electron chi connectivity index (χ1n) is 10.2. The number of carbonyl (C=O) groups excluding carboxylic acids is 1. The molecule has 0 spiro atoms. The van der Waals surface area contributed by atoms with Gasteiger partial charge in [0.05, 0.1) is 23.0 Å². The Morgan fingerprint density at radius 3 is 2.56 bits per heavy atom. The Hall–Kier alpha value is -3.28. The van der Waals surface area contributed by atoms with Gasteiger partial charge in [-0.15, -0.1) is 0 Å². The highest BCUT2D eigenvalue weighted by Gasteiger charge is 2.11. The van der Waals surface area contributed by atoms with E-state index in [1.165, 1.54) is 0 Å². The summed E-state index contributed by atoms with van der Waals surface area (Å²) >= 11 is 12.3. The first-order chi connectivity index (χ1) is 15.5. The number of hydrogen-bond acceptors (Lipinski definition) is 3. The van der Waals surface area contributed by atoms with Gasteiger partial charge in [-0.1, -0.05) is 53.5 Å². The third-order valence-electron chi connectivity index (χ3n) is 4.95. The van der Waals surface area contributed by atoms with Crippen molar-refractivity contribution in [2.75, 3.05) is 6.61 Å².